The predicted octanol–water partition coefficient (Wildman–Crippen LogP) is -0.786. The van der Waals surface area contributed by atoms with Crippen molar-refractivity contribution in [2.45, 2.75) is 52.3 Å². The van der Waals surface area contributed by atoms with Crippen molar-refractivity contribution < 1.29 is 52.6 Å². The Kier molecular flexibility index (Phi) is 6.78. The lowest BCUT2D eigenvalue weighted by Gasteiger charge is -2.41. The van der Waals surface area contributed by atoms with Crippen LogP contribution in [-0.4, -0.2) is 72.3 Å². The molecule has 0 amide bonds. The minimum Gasteiger partial charge on any atom is -0.463 e. The van der Waals surface area contributed by atoms with Gasteiger partial charge in [-0.25, -0.2) is 4.79 Å². The highest BCUT2D eigenvalue weighted by Gasteiger charge is 2.60. The average molecular weight is 403 g/mol. The third-order valence-electron chi connectivity index (χ3n) is 3.90. The number of fused-ring (bicyclic) bond motifs is 1. The molecule has 12 nitrogen and oxygen atoms in total. The van der Waals surface area contributed by atoms with Crippen molar-refractivity contribution in [1.29, 1.82) is 0 Å². The second kappa shape index (κ2) is 8.87. The van der Waals surface area contributed by atoms with Crippen LogP contribution in [0.1, 0.15) is 27.7 Å². The van der Waals surface area contributed by atoms with Crippen LogP contribution >= 0.6 is 0 Å². The van der Waals surface area contributed by atoms with Crippen LogP contribution in [0.15, 0.2) is 0 Å². The normalized spacial score (nSPS) is 28.6. The first kappa shape index (κ1) is 21.4. The predicted molar refractivity (Wildman–Crippen MR) is 86.2 cm³/mol. The zero-order valence-electron chi connectivity index (χ0n) is 15.7. The Balaban J connectivity index is 2.42. The van der Waals surface area contributed by atoms with Crippen LogP contribution in [0, 0.1) is 11.1 Å². The molecule has 0 N–H and O–H groups in total. The lowest BCUT2D eigenvalue weighted by molar-refractivity contribution is -0.753. The largest absolute Gasteiger partial charge is 0.463 e. The molecule has 0 aromatic heterocycles. The van der Waals surface area contributed by atoms with Crippen LogP contribution in [0.3, 0.4) is 0 Å². The average Bonchev–Trinajstić information content (AvgIpc) is 2.90. The van der Waals surface area contributed by atoms with E-state index in [1.807, 2.05) is 0 Å². The van der Waals surface area contributed by atoms with Gasteiger partial charge in [0.15, 0.2) is 18.5 Å². The Bertz CT molecular complexity index is 688. The quantitative estimate of drug-likeness (QED) is 0.312. The van der Waals surface area contributed by atoms with Crippen molar-refractivity contribution in [1.82, 2.24) is 0 Å². The molecule has 0 aromatic carbocycles. The molecule has 0 unspecified atom stereocenters. The molecule has 156 valence electrons. The van der Waals surface area contributed by atoms with Crippen LogP contribution in [0.25, 0.3) is 0 Å². The lowest BCUT2D eigenvalue weighted by atomic mass is 9.87. The molecule has 0 spiro atoms. The maximum Gasteiger partial charge on any atom is 0.405 e. The number of hydrogen-bond acceptors (Lipinski definition) is 11. The first-order valence-electron chi connectivity index (χ1n) is 8.46. The molecule has 2 aliphatic heterocycles. The van der Waals surface area contributed by atoms with Gasteiger partial charge in [-0.05, 0) is 6.92 Å². The SMILES string of the molecule is CCOC(=O)C1=[N+]([O-])O[C@H]2O[C@H](COC(C)=O)[C@@H](OC(C)=O)[C@H](OC(C)=O)[C@@H]12. The molecule has 0 aromatic rings. The second-order valence-corrected chi connectivity index (χ2v) is 5.99. The smallest absolute Gasteiger partial charge is 0.405 e. The van der Waals surface area contributed by atoms with E-state index in [0.717, 1.165) is 20.8 Å². The Hall–Kier alpha value is -2.89. The molecule has 28 heavy (non-hydrogen) atoms. The van der Waals surface area contributed by atoms with Crippen molar-refractivity contribution in [3.05, 3.63) is 5.21 Å². The highest BCUT2D eigenvalue weighted by atomic mass is 16.9. The molecule has 0 saturated carbocycles. The minimum absolute atomic E-state index is 0.0187. The topological polar surface area (TPSA) is 150 Å². The van der Waals surface area contributed by atoms with Gasteiger partial charge < -0.3 is 28.5 Å². The molecular weight excluding hydrogens is 382 g/mol. The van der Waals surface area contributed by atoms with Crippen molar-refractivity contribution in [3.8, 4) is 0 Å². The fourth-order valence-corrected chi connectivity index (χ4v) is 2.97. The van der Waals surface area contributed by atoms with Gasteiger partial charge in [-0.2, -0.15) is 0 Å². The van der Waals surface area contributed by atoms with Gasteiger partial charge in [0, 0.05) is 20.8 Å². The number of ether oxygens (including phenoxy) is 5. The Morgan fingerprint density at radius 1 is 1.00 bits per heavy atom. The Morgan fingerprint density at radius 3 is 2.14 bits per heavy atom. The van der Waals surface area contributed by atoms with E-state index in [1.54, 1.807) is 6.92 Å². The summed E-state index contributed by atoms with van der Waals surface area (Å²) in [6.45, 7) is 4.53. The second-order valence-electron chi connectivity index (χ2n) is 5.99. The maximum absolute atomic E-state index is 12.2. The molecule has 0 bridgehead atoms. The molecule has 2 heterocycles. The summed E-state index contributed by atoms with van der Waals surface area (Å²) in [6, 6.07) is 0. The van der Waals surface area contributed by atoms with E-state index < -0.39 is 60.1 Å². The molecule has 5 atom stereocenters. The van der Waals surface area contributed by atoms with Gasteiger partial charge >= 0.3 is 29.6 Å². The first-order chi connectivity index (χ1) is 13.1. The van der Waals surface area contributed by atoms with Gasteiger partial charge in [0.05, 0.1) is 11.5 Å². The van der Waals surface area contributed by atoms with E-state index in [-0.39, 0.29) is 18.1 Å². The third kappa shape index (κ3) is 4.68. The monoisotopic (exact) mass is 403 g/mol. The third-order valence-corrected chi connectivity index (χ3v) is 3.90. The molecular formula is C16H21NO11. The minimum atomic E-state index is -1.35. The number of esters is 4. The van der Waals surface area contributed by atoms with E-state index >= 15 is 0 Å². The van der Waals surface area contributed by atoms with Gasteiger partial charge in [0.1, 0.15) is 18.6 Å². The molecule has 0 radical (unpaired) electrons. The molecule has 1 saturated heterocycles. The highest BCUT2D eigenvalue weighted by molar-refractivity contribution is 6.35. The lowest BCUT2D eigenvalue weighted by Crippen LogP contribution is -2.60. The standard InChI is InChI=1S/C16H21NO11/c1-5-23-15(21)12-11-14(26-9(4)20)13(25-8(3)19)10(6-24-7(2)18)27-16(11)28-17(12)22/h10-11,13-14,16H,5-6H2,1-4H3/t10-,11-,13-,14-,16-/m1/s1. The fraction of sp³-hybridized carbons (Fsp3) is 0.688. The molecule has 12 heteroatoms. The Morgan fingerprint density at radius 2 is 1.61 bits per heavy atom. The summed E-state index contributed by atoms with van der Waals surface area (Å²) in [4.78, 5) is 51.5. The van der Waals surface area contributed by atoms with Crippen LogP contribution in [-0.2, 0) is 47.7 Å². The molecule has 0 aliphatic carbocycles. The summed E-state index contributed by atoms with van der Waals surface area (Å²) in [5.41, 5.74) is -0.499. The summed E-state index contributed by atoms with van der Waals surface area (Å²) in [5.74, 6) is -4.36. The van der Waals surface area contributed by atoms with Crippen LogP contribution < -0.4 is 0 Å². The van der Waals surface area contributed by atoms with E-state index in [9.17, 15) is 24.4 Å². The zero-order valence-corrected chi connectivity index (χ0v) is 15.7. The van der Waals surface area contributed by atoms with Crippen LogP contribution in [0.2, 0.25) is 0 Å². The summed E-state index contributed by atoms with van der Waals surface area (Å²) in [6.07, 6.45) is -5.07. The molecule has 2 aliphatic rings. The van der Waals surface area contributed by atoms with E-state index in [1.165, 1.54) is 0 Å². The van der Waals surface area contributed by atoms with Crippen molar-refractivity contribution in [3.63, 3.8) is 0 Å². The van der Waals surface area contributed by atoms with E-state index in [2.05, 4.69) is 0 Å². The van der Waals surface area contributed by atoms with E-state index in [4.69, 9.17) is 28.5 Å². The number of hydrogen-bond donors (Lipinski definition) is 0. The van der Waals surface area contributed by atoms with Gasteiger partial charge in [-0.3, -0.25) is 19.6 Å². The van der Waals surface area contributed by atoms with Crippen LogP contribution in [0.4, 0.5) is 0 Å². The number of carbonyl (C=O) groups is 4. The van der Waals surface area contributed by atoms with Crippen molar-refractivity contribution in [2.75, 3.05) is 13.2 Å². The zero-order chi connectivity index (χ0) is 21.0. The van der Waals surface area contributed by atoms with Gasteiger partial charge in [-0.1, -0.05) is 0 Å². The van der Waals surface area contributed by atoms with Crippen molar-refractivity contribution in [2.24, 2.45) is 5.92 Å². The van der Waals surface area contributed by atoms with E-state index in [0.29, 0.717) is 0 Å². The van der Waals surface area contributed by atoms with Crippen molar-refractivity contribution >= 4 is 29.6 Å². The van der Waals surface area contributed by atoms with Gasteiger partial charge in [-0.15, -0.1) is 0 Å². The maximum atomic E-state index is 12.2. The van der Waals surface area contributed by atoms with Gasteiger partial charge in [0.25, 0.3) is 0 Å². The fourth-order valence-electron chi connectivity index (χ4n) is 2.97. The summed E-state index contributed by atoms with van der Waals surface area (Å²) in [5, 5.41) is 12.1. The summed E-state index contributed by atoms with van der Waals surface area (Å²) in [7, 11) is 0. The number of carbonyl (C=O) groups excluding carboxylic acids is 4. The highest BCUT2D eigenvalue weighted by Crippen LogP contribution is 2.36. The Labute approximate surface area is 159 Å². The molecule has 1 fully saturated rings. The van der Waals surface area contributed by atoms with Crippen LogP contribution in [0.5, 0.6) is 0 Å². The number of nitrogens with zero attached hydrogens (tertiary/aromatic N) is 1. The number of rotatable bonds is 6. The summed E-state index contributed by atoms with van der Waals surface area (Å²) >= 11 is 0. The van der Waals surface area contributed by atoms with Gasteiger partial charge in [0.2, 0.25) is 0 Å². The first-order valence-corrected chi connectivity index (χ1v) is 8.46. The summed E-state index contributed by atoms with van der Waals surface area (Å²) < 4.78 is 25.8. The molecule has 2 rings (SSSR count).